The minimum atomic E-state index is -0.837. The van der Waals surface area contributed by atoms with Crippen LogP contribution in [-0.2, 0) is 16.1 Å². The molecule has 1 N–H and O–H groups in total. The van der Waals surface area contributed by atoms with E-state index in [4.69, 9.17) is 4.74 Å². The summed E-state index contributed by atoms with van der Waals surface area (Å²) in [4.78, 5) is 32.9. The van der Waals surface area contributed by atoms with E-state index < -0.39 is 5.54 Å². The van der Waals surface area contributed by atoms with Crippen LogP contribution in [0.5, 0.6) is 0 Å². The number of ketones is 1. The molecule has 0 radical (unpaired) electrons. The predicted molar refractivity (Wildman–Crippen MR) is 82.9 cm³/mol. The van der Waals surface area contributed by atoms with Gasteiger partial charge < -0.3 is 10.1 Å². The Morgan fingerprint density at radius 2 is 2.14 bits per heavy atom. The fraction of sp³-hybridized carbons (Fsp3) is 0.500. The summed E-state index contributed by atoms with van der Waals surface area (Å²) < 4.78 is 5.06. The second kappa shape index (κ2) is 5.96. The number of carbonyl (C=O) groups is 2. The van der Waals surface area contributed by atoms with Crippen molar-refractivity contribution in [3.8, 4) is 0 Å². The maximum absolute atomic E-state index is 12.2. The van der Waals surface area contributed by atoms with Crippen molar-refractivity contribution in [3.05, 3.63) is 29.1 Å². The summed E-state index contributed by atoms with van der Waals surface area (Å²) >= 11 is 0. The number of aliphatic imine (C=N–C) groups is 1. The van der Waals surface area contributed by atoms with Crippen LogP contribution in [0.25, 0.3) is 0 Å². The zero-order valence-corrected chi connectivity index (χ0v) is 13.6. The normalized spacial score (nSPS) is 21.0. The summed E-state index contributed by atoms with van der Waals surface area (Å²) in [6.07, 6.45) is 1.63. The standard InChI is InChI=1S/C16H21N3O3/c1-9(2)16(4)15(21)18-14(19-16)13-12(10(3)20)6-11(7-17-13)8-22-5/h6-7,9H,8H2,1-5H3,(H,18,19,21). The predicted octanol–water partition coefficient (Wildman–Crippen LogP) is 1.72. The van der Waals surface area contributed by atoms with Crippen molar-refractivity contribution in [1.29, 1.82) is 0 Å². The van der Waals surface area contributed by atoms with Crippen molar-refractivity contribution in [1.82, 2.24) is 10.3 Å². The first-order chi connectivity index (χ1) is 10.3. The smallest absolute Gasteiger partial charge is 0.253 e. The highest BCUT2D eigenvalue weighted by Gasteiger charge is 2.42. The molecule has 0 aromatic carbocycles. The molecule has 6 nitrogen and oxygen atoms in total. The molecule has 1 atom stereocenters. The largest absolute Gasteiger partial charge is 0.380 e. The molecule has 0 aliphatic carbocycles. The third kappa shape index (κ3) is 2.78. The van der Waals surface area contributed by atoms with Gasteiger partial charge >= 0.3 is 0 Å². The zero-order valence-electron chi connectivity index (χ0n) is 13.6. The van der Waals surface area contributed by atoms with E-state index in [0.717, 1.165) is 5.56 Å². The van der Waals surface area contributed by atoms with Crippen LogP contribution in [0, 0.1) is 5.92 Å². The first-order valence-corrected chi connectivity index (χ1v) is 7.20. The number of hydrogen-bond acceptors (Lipinski definition) is 5. The molecule has 1 aromatic rings. The number of ether oxygens (including phenoxy) is 1. The molecular weight excluding hydrogens is 282 g/mol. The van der Waals surface area contributed by atoms with Crippen LogP contribution in [-0.4, -0.2) is 35.2 Å². The number of carbonyl (C=O) groups excluding carboxylic acids is 2. The van der Waals surface area contributed by atoms with E-state index in [1.165, 1.54) is 6.92 Å². The number of amidine groups is 1. The van der Waals surface area contributed by atoms with Crippen LogP contribution >= 0.6 is 0 Å². The molecule has 1 unspecified atom stereocenters. The van der Waals surface area contributed by atoms with Gasteiger partial charge in [-0.25, -0.2) is 4.99 Å². The number of methoxy groups -OCH3 is 1. The quantitative estimate of drug-likeness (QED) is 0.840. The Bertz CT molecular complexity index is 652. The lowest BCUT2D eigenvalue weighted by molar-refractivity contribution is -0.124. The van der Waals surface area contributed by atoms with Gasteiger partial charge in [0.2, 0.25) is 0 Å². The van der Waals surface area contributed by atoms with E-state index in [-0.39, 0.29) is 17.6 Å². The number of nitrogens with one attached hydrogen (secondary N) is 1. The number of rotatable bonds is 5. The Kier molecular flexibility index (Phi) is 4.42. The molecule has 1 amide bonds. The van der Waals surface area contributed by atoms with Gasteiger partial charge in [-0.1, -0.05) is 13.8 Å². The summed E-state index contributed by atoms with van der Waals surface area (Å²) in [5, 5.41) is 2.75. The van der Waals surface area contributed by atoms with Gasteiger partial charge in [-0.15, -0.1) is 0 Å². The third-order valence-electron chi connectivity index (χ3n) is 4.02. The number of hydrogen-bond donors (Lipinski definition) is 1. The minimum absolute atomic E-state index is 0.0403. The van der Waals surface area contributed by atoms with Crippen LogP contribution in [0.3, 0.4) is 0 Å². The fourth-order valence-electron chi connectivity index (χ4n) is 2.26. The number of amides is 1. The zero-order chi connectivity index (χ0) is 16.5. The summed E-state index contributed by atoms with van der Waals surface area (Å²) in [6.45, 7) is 7.50. The average Bonchev–Trinajstić information content (AvgIpc) is 2.76. The lowest BCUT2D eigenvalue weighted by atomic mass is 9.89. The van der Waals surface area contributed by atoms with Crippen molar-refractivity contribution in [2.45, 2.75) is 39.8 Å². The molecule has 0 fully saturated rings. The van der Waals surface area contributed by atoms with Gasteiger partial charge in [-0.05, 0) is 31.4 Å². The molecular formula is C16H21N3O3. The SMILES string of the molecule is COCc1cnc(C2=NC(C)(C(C)C)C(=O)N2)c(C(C)=O)c1. The molecule has 0 spiro atoms. The number of aromatic nitrogens is 1. The number of pyridine rings is 1. The summed E-state index contributed by atoms with van der Waals surface area (Å²) in [7, 11) is 1.58. The molecule has 0 bridgehead atoms. The van der Waals surface area contributed by atoms with Crippen molar-refractivity contribution >= 4 is 17.5 Å². The van der Waals surface area contributed by atoms with Crippen molar-refractivity contribution in [2.24, 2.45) is 10.9 Å². The molecule has 1 aliphatic heterocycles. The number of Topliss-reactive ketones (excluding diaryl/α,β-unsaturated/α-hetero) is 1. The first kappa shape index (κ1) is 16.3. The summed E-state index contributed by atoms with van der Waals surface area (Å²) in [5.74, 6) is 0.0965. The minimum Gasteiger partial charge on any atom is -0.380 e. The molecule has 1 aromatic heterocycles. The molecule has 2 heterocycles. The average molecular weight is 303 g/mol. The Labute approximate surface area is 130 Å². The lowest BCUT2D eigenvalue weighted by Crippen LogP contribution is -2.41. The highest BCUT2D eigenvalue weighted by atomic mass is 16.5. The third-order valence-corrected chi connectivity index (χ3v) is 4.02. The van der Waals surface area contributed by atoms with Crippen molar-refractivity contribution in [3.63, 3.8) is 0 Å². The van der Waals surface area contributed by atoms with Crippen molar-refractivity contribution < 1.29 is 14.3 Å². The molecule has 2 rings (SSSR count). The Morgan fingerprint density at radius 1 is 1.45 bits per heavy atom. The maximum atomic E-state index is 12.2. The van der Waals surface area contributed by atoms with E-state index in [9.17, 15) is 9.59 Å². The molecule has 118 valence electrons. The summed E-state index contributed by atoms with van der Waals surface area (Å²) in [5.41, 5.74) is 0.802. The van der Waals surface area contributed by atoms with Gasteiger partial charge in [-0.3, -0.25) is 14.6 Å². The monoisotopic (exact) mass is 303 g/mol. The van der Waals surface area contributed by atoms with Crippen LogP contribution in [0.1, 0.15) is 49.3 Å². The van der Waals surface area contributed by atoms with Gasteiger partial charge in [0.15, 0.2) is 11.6 Å². The van der Waals surface area contributed by atoms with Gasteiger partial charge in [0.25, 0.3) is 5.91 Å². The van der Waals surface area contributed by atoms with Crippen LogP contribution in [0.15, 0.2) is 17.3 Å². The summed E-state index contributed by atoms with van der Waals surface area (Å²) in [6, 6.07) is 1.73. The Morgan fingerprint density at radius 3 is 2.64 bits per heavy atom. The van der Waals surface area contributed by atoms with Gasteiger partial charge in [0, 0.05) is 18.9 Å². The molecule has 0 saturated heterocycles. The van der Waals surface area contributed by atoms with E-state index in [2.05, 4.69) is 15.3 Å². The fourth-order valence-corrected chi connectivity index (χ4v) is 2.26. The molecule has 0 saturated carbocycles. The Hall–Kier alpha value is -2.08. The van der Waals surface area contributed by atoms with E-state index in [1.54, 1.807) is 26.3 Å². The molecule has 6 heteroatoms. The van der Waals surface area contributed by atoms with Crippen molar-refractivity contribution in [2.75, 3.05) is 7.11 Å². The Balaban J connectivity index is 2.49. The highest BCUT2D eigenvalue weighted by molar-refractivity contribution is 6.18. The highest BCUT2D eigenvalue weighted by Crippen LogP contribution is 2.27. The maximum Gasteiger partial charge on any atom is 0.253 e. The topological polar surface area (TPSA) is 80.7 Å². The van der Waals surface area contributed by atoms with Gasteiger partial charge in [0.05, 0.1) is 6.61 Å². The van der Waals surface area contributed by atoms with Crippen LogP contribution in [0.4, 0.5) is 0 Å². The lowest BCUT2D eigenvalue weighted by Gasteiger charge is -2.21. The first-order valence-electron chi connectivity index (χ1n) is 7.20. The van der Waals surface area contributed by atoms with Crippen LogP contribution in [0.2, 0.25) is 0 Å². The second-order valence-electron chi connectivity index (χ2n) is 5.95. The van der Waals surface area contributed by atoms with E-state index in [0.29, 0.717) is 23.7 Å². The van der Waals surface area contributed by atoms with E-state index >= 15 is 0 Å². The van der Waals surface area contributed by atoms with E-state index in [1.807, 2.05) is 13.8 Å². The second-order valence-corrected chi connectivity index (χ2v) is 5.95. The van der Waals surface area contributed by atoms with Crippen LogP contribution < -0.4 is 5.32 Å². The molecule has 1 aliphatic rings. The van der Waals surface area contributed by atoms with Gasteiger partial charge in [-0.2, -0.15) is 0 Å². The molecule has 22 heavy (non-hydrogen) atoms. The number of nitrogens with zero attached hydrogens (tertiary/aromatic N) is 2. The van der Waals surface area contributed by atoms with Gasteiger partial charge in [0.1, 0.15) is 11.2 Å².